The van der Waals surface area contributed by atoms with Gasteiger partial charge in [0.1, 0.15) is 5.82 Å². The summed E-state index contributed by atoms with van der Waals surface area (Å²) in [7, 11) is 1.04. The summed E-state index contributed by atoms with van der Waals surface area (Å²) in [6.45, 7) is 0. The minimum Gasteiger partial charge on any atom is -0.258 e. The third-order valence-electron chi connectivity index (χ3n) is 1.58. The molecule has 15 heavy (non-hydrogen) atoms. The maximum absolute atomic E-state index is 13.1. The lowest BCUT2D eigenvalue weighted by Crippen LogP contribution is -1.99. The summed E-state index contributed by atoms with van der Waals surface area (Å²) < 4.78 is 34.4. The monoisotopic (exact) mass is 253 g/mol. The summed E-state index contributed by atoms with van der Waals surface area (Å²) in [5.74, 6) is -1.66. The molecule has 1 rings (SSSR count). The van der Waals surface area contributed by atoms with E-state index < -0.39 is 31.2 Å². The lowest BCUT2D eigenvalue weighted by atomic mass is 10.2. The van der Waals surface area contributed by atoms with Gasteiger partial charge in [0.2, 0.25) is 9.05 Å². The number of rotatable bonds is 3. The number of nitrogens with zero attached hydrogens (tertiary/aromatic N) is 1. The van der Waals surface area contributed by atoms with Gasteiger partial charge in [0.05, 0.1) is 16.7 Å². The van der Waals surface area contributed by atoms with Crippen LogP contribution in [-0.4, -0.2) is 13.3 Å². The largest absolute Gasteiger partial charge is 0.272 e. The molecular formula is C7H5ClFNO4S. The number of non-ortho nitro benzene ring substituents is 1. The van der Waals surface area contributed by atoms with Gasteiger partial charge >= 0.3 is 0 Å². The first-order valence-electron chi connectivity index (χ1n) is 3.65. The maximum atomic E-state index is 13.1. The van der Waals surface area contributed by atoms with Crippen LogP contribution in [-0.2, 0) is 14.8 Å². The Kier molecular flexibility index (Phi) is 3.25. The van der Waals surface area contributed by atoms with E-state index in [9.17, 15) is 22.9 Å². The highest BCUT2D eigenvalue weighted by Gasteiger charge is 2.15. The summed E-state index contributed by atoms with van der Waals surface area (Å²) in [5.41, 5.74) is -0.640. The molecule has 0 unspecified atom stereocenters. The molecule has 0 amide bonds. The zero-order valence-corrected chi connectivity index (χ0v) is 8.76. The van der Waals surface area contributed by atoms with Crippen LogP contribution in [0.15, 0.2) is 18.2 Å². The van der Waals surface area contributed by atoms with E-state index in [4.69, 9.17) is 10.7 Å². The predicted octanol–water partition coefficient (Wildman–Crippen LogP) is 1.80. The number of nitro groups is 1. The van der Waals surface area contributed by atoms with Crippen LogP contribution in [0.3, 0.4) is 0 Å². The van der Waals surface area contributed by atoms with E-state index in [0.717, 1.165) is 12.1 Å². The van der Waals surface area contributed by atoms with Gasteiger partial charge in [-0.2, -0.15) is 0 Å². The fourth-order valence-electron chi connectivity index (χ4n) is 0.953. The molecule has 1 aromatic carbocycles. The van der Waals surface area contributed by atoms with E-state index in [-0.39, 0.29) is 5.56 Å². The Morgan fingerprint density at radius 2 is 2.07 bits per heavy atom. The Morgan fingerprint density at radius 3 is 2.47 bits per heavy atom. The van der Waals surface area contributed by atoms with E-state index in [1.165, 1.54) is 0 Å². The molecule has 0 saturated heterocycles. The fourth-order valence-corrected chi connectivity index (χ4v) is 1.91. The van der Waals surface area contributed by atoms with Crippen molar-refractivity contribution in [3.8, 4) is 0 Å². The molecular weight excluding hydrogens is 249 g/mol. The van der Waals surface area contributed by atoms with Crippen LogP contribution in [0, 0.1) is 15.9 Å². The normalized spacial score (nSPS) is 11.3. The van der Waals surface area contributed by atoms with Gasteiger partial charge in [-0.25, -0.2) is 12.8 Å². The first kappa shape index (κ1) is 11.9. The molecule has 82 valence electrons. The minimum atomic E-state index is -3.87. The molecule has 0 aliphatic rings. The van der Waals surface area contributed by atoms with Crippen molar-refractivity contribution in [2.24, 2.45) is 0 Å². The Morgan fingerprint density at radius 1 is 1.47 bits per heavy atom. The van der Waals surface area contributed by atoms with Crippen LogP contribution < -0.4 is 0 Å². The molecule has 0 aliphatic heterocycles. The van der Waals surface area contributed by atoms with E-state index in [2.05, 4.69) is 0 Å². The van der Waals surface area contributed by atoms with Crippen LogP contribution in [0.2, 0.25) is 0 Å². The van der Waals surface area contributed by atoms with Crippen molar-refractivity contribution in [2.45, 2.75) is 5.75 Å². The van der Waals surface area contributed by atoms with Crippen LogP contribution in [0.4, 0.5) is 10.1 Å². The average molecular weight is 254 g/mol. The van der Waals surface area contributed by atoms with Gasteiger partial charge in [0.25, 0.3) is 5.69 Å². The lowest BCUT2D eigenvalue weighted by molar-refractivity contribution is -0.385. The van der Waals surface area contributed by atoms with Crippen molar-refractivity contribution in [2.75, 3.05) is 0 Å². The third kappa shape index (κ3) is 3.45. The summed E-state index contributed by atoms with van der Waals surface area (Å²) in [6.07, 6.45) is 0. The van der Waals surface area contributed by atoms with E-state index >= 15 is 0 Å². The van der Waals surface area contributed by atoms with E-state index in [1.807, 2.05) is 0 Å². The summed E-state index contributed by atoms with van der Waals surface area (Å²) in [4.78, 5) is 9.47. The second-order valence-electron chi connectivity index (χ2n) is 2.72. The number of halogens is 2. The molecule has 0 saturated carbocycles. The highest BCUT2D eigenvalue weighted by molar-refractivity contribution is 8.13. The lowest BCUT2D eigenvalue weighted by Gasteiger charge is -1.99. The van der Waals surface area contributed by atoms with Crippen molar-refractivity contribution in [1.82, 2.24) is 0 Å². The molecule has 0 N–H and O–H groups in total. The molecule has 0 bridgehead atoms. The Hall–Kier alpha value is -1.21. The summed E-state index contributed by atoms with van der Waals surface area (Å²) >= 11 is 0. The van der Waals surface area contributed by atoms with Crippen molar-refractivity contribution in [3.63, 3.8) is 0 Å². The molecule has 0 heterocycles. The molecule has 8 heteroatoms. The Bertz CT molecular complexity index is 502. The SMILES string of the molecule is O=[N+]([O-])c1ccc(CS(=O)(=O)Cl)c(F)c1. The standard InChI is InChI=1S/C7H5ClFNO4S/c8-15(13,14)4-5-1-2-6(10(11)12)3-7(5)9/h1-3H,4H2. The van der Waals surface area contributed by atoms with Gasteiger partial charge in [-0.3, -0.25) is 10.1 Å². The smallest absolute Gasteiger partial charge is 0.258 e. The number of benzene rings is 1. The molecule has 5 nitrogen and oxygen atoms in total. The highest BCUT2D eigenvalue weighted by atomic mass is 35.7. The molecule has 0 radical (unpaired) electrons. The molecule has 0 atom stereocenters. The first-order chi connectivity index (χ1) is 6.79. The van der Waals surface area contributed by atoms with Crippen LogP contribution in [0.1, 0.15) is 5.56 Å². The number of hydrogen-bond donors (Lipinski definition) is 0. The zero-order valence-electron chi connectivity index (χ0n) is 7.18. The second-order valence-corrected chi connectivity index (χ2v) is 5.49. The van der Waals surface area contributed by atoms with Crippen molar-refractivity contribution in [1.29, 1.82) is 0 Å². The van der Waals surface area contributed by atoms with Gasteiger partial charge in [-0.15, -0.1) is 0 Å². The summed E-state index contributed by atoms with van der Waals surface area (Å²) in [6, 6.07) is 2.69. The molecule has 0 aromatic heterocycles. The Labute approximate surface area is 89.0 Å². The minimum absolute atomic E-state index is 0.199. The van der Waals surface area contributed by atoms with Crippen molar-refractivity contribution < 1.29 is 17.7 Å². The summed E-state index contributed by atoms with van der Waals surface area (Å²) in [5, 5.41) is 10.2. The zero-order chi connectivity index (χ0) is 11.6. The number of nitro benzene ring substituents is 1. The van der Waals surface area contributed by atoms with Gasteiger partial charge in [0, 0.05) is 22.3 Å². The topological polar surface area (TPSA) is 77.3 Å². The van der Waals surface area contributed by atoms with Crippen LogP contribution in [0.25, 0.3) is 0 Å². The third-order valence-corrected chi connectivity index (χ3v) is 2.56. The second kappa shape index (κ2) is 4.11. The highest BCUT2D eigenvalue weighted by Crippen LogP contribution is 2.19. The Balaban J connectivity index is 3.09. The average Bonchev–Trinajstić information content (AvgIpc) is 2.05. The molecule has 1 aromatic rings. The molecule has 0 spiro atoms. The molecule has 0 aliphatic carbocycles. The van der Waals surface area contributed by atoms with E-state index in [0.29, 0.717) is 6.07 Å². The quantitative estimate of drug-likeness (QED) is 0.467. The van der Waals surface area contributed by atoms with Crippen LogP contribution in [0.5, 0.6) is 0 Å². The van der Waals surface area contributed by atoms with Crippen molar-refractivity contribution >= 4 is 25.4 Å². The van der Waals surface area contributed by atoms with Gasteiger partial charge in [-0.05, 0) is 6.07 Å². The van der Waals surface area contributed by atoms with Gasteiger partial charge in [0.15, 0.2) is 0 Å². The maximum Gasteiger partial charge on any atom is 0.272 e. The first-order valence-corrected chi connectivity index (χ1v) is 6.12. The van der Waals surface area contributed by atoms with Gasteiger partial charge < -0.3 is 0 Å². The van der Waals surface area contributed by atoms with E-state index in [1.54, 1.807) is 0 Å². The van der Waals surface area contributed by atoms with Crippen LogP contribution >= 0.6 is 10.7 Å². The fraction of sp³-hybridized carbons (Fsp3) is 0.143. The molecule has 0 fully saturated rings. The van der Waals surface area contributed by atoms with Gasteiger partial charge in [-0.1, -0.05) is 0 Å². The predicted molar refractivity (Wildman–Crippen MR) is 51.5 cm³/mol. The van der Waals surface area contributed by atoms with Crippen molar-refractivity contribution in [3.05, 3.63) is 39.7 Å². The number of hydrogen-bond acceptors (Lipinski definition) is 4.